The van der Waals surface area contributed by atoms with E-state index in [0.29, 0.717) is 11.2 Å². The minimum Gasteiger partial charge on any atom is -0.619 e. The average molecular weight is 531 g/mol. The molecule has 2 aliphatic heterocycles. The van der Waals surface area contributed by atoms with Crippen LogP contribution in [0.5, 0.6) is 0 Å². The molecule has 37 heavy (non-hydrogen) atoms. The molecular formula is C25H30N4O7S. The molecular weight excluding hydrogens is 500 g/mol. The van der Waals surface area contributed by atoms with Crippen LogP contribution in [0.1, 0.15) is 32.3 Å². The van der Waals surface area contributed by atoms with Gasteiger partial charge in [-0.05, 0) is 30.4 Å². The molecule has 198 valence electrons. The molecule has 0 bridgehead atoms. The Morgan fingerprint density at radius 2 is 1.92 bits per heavy atom. The van der Waals surface area contributed by atoms with Crippen molar-refractivity contribution in [2.24, 2.45) is 5.92 Å². The Labute approximate surface area is 215 Å². The number of nitrogens with zero attached hydrogens (tertiary/aromatic N) is 3. The Morgan fingerprint density at radius 3 is 2.59 bits per heavy atom. The topological polar surface area (TPSA) is 140 Å². The number of nitrogens with one attached hydrogen (secondary N) is 1. The highest BCUT2D eigenvalue weighted by atomic mass is 32.2. The summed E-state index contributed by atoms with van der Waals surface area (Å²) in [6, 6.07) is 9.09. The summed E-state index contributed by atoms with van der Waals surface area (Å²) in [7, 11) is -4.13. The van der Waals surface area contributed by atoms with Crippen LogP contribution in [-0.2, 0) is 31.0 Å². The van der Waals surface area contributed by atoms with Crippen LogP contribution in [-0.4, -0.2) is 66.6 Å². The van der Waals surface area contributed by atoms with Crippen molar-refractivity contribution in [2.45, 2.75) is 56.3 Å². The van der Waals surface area contributed by atoms with Crippen molar-refractivity contribution in [3.05, 3.63) is 65.6 Å². The van der Waals surface area contributed by atoms with Crippen molar-refractivity contribution >= 4 is 27.8 Å². The Balaban J connectivity index is 1.48. The summed E-state index contributed by atoms with van der Waals surface area (Å²) < 4.78 is 33.1. The van der Waals surface area contributed by atoms with Crippen LogP contribution >= 0.6 is 0 Å². The fourth-order valence-corrected chi connectivity index (χ4v) is 6.50. The predicted molar refractivity (Wildman–Crippen MR) is 131 cm³/mol. The standard InChI is InChI=1S/C25H30N4O7S/c1-17(2)13-20(26-25(32)36-16-18-7-4-3-5-8-18)24(31)28-12-10-21-23(28)22(30)15-29(21)37(34,35)19-9-6-11-27(33)14-19/h3-9,11,14,17,20-21,23H,10,12-13,15-16H2,1-2H3,(H,26,32). The lowest BCUT2D eigenvalue weighted by atomic mass is 10.0. The molecule has 3 atom stereocenters. The number of carbonyl (C=O) groups is 3. The minimum absolute atomic E-state index is 0.0395. The van der Waals surface area contributed by atoms with Crippen LogP contribution in [0.3, 0.4) is 0 Å². The molecule has 1 aromatic carbocycles. The van der Waals surface area contributed by atoms with Gasteiger partial charge in [-0.2, -0.15) is 9.04 Å². The highest BCUT2D eigenvalue weighted by Gasteiger charge is 2.54. The van der Waals surface area contributed by atoms with E-state index in [2.05, 4.69) is 5.32 Å². The summed E-state index contributed by atoms with van der Waals surface area (Å²) in [6.45, 7) is 3.62. The Kier molecular flexibility index (Phi) is 7.79. The molecule has 2 aromatic rings. The third kappa shape index (κ3) is 5.75. The zero-order valence-corrected chi connectivity index (χ0v) is 21.5. The van der Waals surface area contributed by atoms with Crippen LogP contribution in [0.15, 0.2) is 59.8 Å². The van der Waals surface area contributed by atoms with Crippen LogP contribution in [0, 0.1) is 11.1 Å². The molecule has 2 saturated heterocycles. The van der Waals surface area contributed by atoms with Crippen LogP contribution < -0.4 is 10.0 Å². The number of carbonyl (C=O) groups excluding carboxylic acids is 3. The van der Waals surface area contributed by atoms with Crippen LogP contribution in [0.4, 0.5) is 4.79 Å². The van der Waals surface area contributed by atoms with Gasteiger partial charge in [0.05, 0.1) is 12.6 Å². The van der Waals surface area contributed by atoms with E-state index in [1.165, 1.54) is 23.2 Å². The highest BCUT2D eigenvalue weighted by Crippen LogP contribution is 2.34. The molecule has 11 nitrogen and oxygen atoms in total. The number of hydrogen-bond acceptors (Lipinski definition) is 7. The molecule has 2 amide bonds. The number of ether oxygens (including phenoxy) is 1. The molecule has 0 spiro atoms. The highest BCUT2D eigenvalue weighted by molar-refractivity contribution is 7.89. The van der Waals surface area contributed by atoms with Crippen molar-refractivity contribution in [2.75, 3.05) is 13.1 Å². The second kappa shape index (κ2) is 10.9. The number of hydrogen-bond donors (Lipinski definition) is 1. The summed E-state index contributed by atoms with van der Waals surface area (Å²) in [6.07, 6.45) is 1.93. The van der Waals surface area contributed by atoms with Gasteiger partial charge >= 0.3 is 6.09 Å². The van der Waals surface area contributed by atoms with Crippen molar-refractivity contribution in [1.82, 2.24) is 14.5 Å². The summed E-state index contributed by atoms with van der Waals surface area (Å²) in [5.41, 5.74) is 0.797. The Morgan fingerprint density at radius 1 is 1.19 bits per heavy atom. The van der Waals surface area contributed by atoms with Crippen molar-refractivity contribution < 1.29 is 32.3 Å². The van der Waals surface area contributed by atoms with Gasteiger partial charge in [-0.3, -0.25) is 9.59 Å². The van der Waals surface area contributed by atoms with E-state index >= 15 is 0 Å². The molecule has 0 radical (unpaired) electrons. The maximum atomic E-state index is 13.5. The number of fused-ring (bicyclic) bond motifs is 1. The normalized spacial score (nSPS) is 20.6. The molecule has 0 saturated carbocycles. The Hall–Kier alpha value is -3.51. The molecule has 1 N–H and O–H groups in total. The number of aromatic nitrogens is 1. The summed E-state index contributed by atoms with van der Waals surface area (Å²) >= 11 is 0. The maximum absolute atomic E-state index is 13.5. The van der Waals surface area contributed by atoms with Gasteiger partial charge in [-0.15, -0.1) is 0 Å². The number of benzene rings is 1. The molecule has 2 fully saturated rings. The Bertz CT molecular complexity index is 1270. The van der Waals surface area contributed by atoms with E-state index in [1.54, 1.807) is 0 Å². The number of amides is 2. The third-order valence-corrected chi connectivity index (χ3v) is 8.38. The number of pyridine rings is 1. The molecule has 12 heteroatoms. The molecule has 3 heterocycles. The van der Waals surface area contributed by atoms with Crippen LogP contribution in [0.25, 0.3) is 0 Å². The largest absolute Gasteiger partial charge is 0.619 e. The van der Waals surface area contributed by atoms with Gasteiger partial charge in [0, 0.05) is 12.6 Å². The summed E-state index contributed by atoms with van der Waals surface area (Å²) in [5, 5.41) is 14.3. The first-order valence-electron chi connectivity index (χ1n) is 12.1. The number of alkyl carbamates (subject to hydrolysis) is 1. The second-order valence-electron chi connectivity index (χ2n) is 9.64. The maximum Gasteiger partial charge on any atom is 0.408 e. The summed E-state index contributed by atoms with van der Waals surface area (Å²) in [5.74, 6) is -0.808. The van der Waals surface area contributed by atoms with Gasteiger partial charge in [-0.25, -0.2) is 13.2 Å². The molecule has 1 aromatic heterocycles. The van der Waals surface area contributed by atoms with Gasteiger partial charge in [0.1, 0.15) is 23.6 Å². The van der Waals surface area contributed by atoms with Gasteiger partial charge < -0.3 is 20.2 Å². The molecule has 4 rings (SSSR count). The minimum atomic E-state index is -4.13. The molecule has 0 aliphatic carbocycles. The first-order valence-corrected chi connectivity index (χ1v) is 13.5. The third-order valence-electron chi connectivity index (χ3n) is 6.53. The van der Waals surface area contributed by atoms with Gasteiger partial charge in [0.25, 0.3) is 0 Å². The first-order chi connectivity index (χ1) is 17.6. The van der Waals surface area contributed by atoms with Crippen molar-refractivity contribution in [3.8, 4) is 0 Å². The van der Waals surface area contributed by atoms with E-state index in [1.807, 2.05) is 44.2 Å². The number of ketones is 1. The van der Waals surface area contributed by atoms with Gasteiger partial charge in [-0.1, -0.05) is 44.2 Å². The fraction of sp³-hybridized carbons (Fsp3) is 0.440. The molecule has 3 unspecified atom stereocenters. The zero-order chi connectivity index (χ0) is 26.7. The second-order valence-corrected chi connectivity index (χ2v) is 11.5. The molecule has 2 aliphatic rings. The van der Waals surface area contributed by atoms with E-state index in [9.17, 15) is 28.0 Å². The lowest BCUT2D eigenvalue weighted by molar-refractivity contribution is -0.607. The van der Waals surface area contributed by atoms with Crippen molar-refractivity contribution in [3.63, 3.8) is 0 Å². The zero-order valence-electron chi connectivity index (χ0n) is 20.6. The van der Waals surface area contributed by atoms with E-state index in [4.69, 9.17) is 4.74 Å². The van der Waals surface area contributed by atoms with E-state index in [-0.39, 0.29) is 30.4 Å². The monoisotopic (exact) mass is 530 g/mol. The quantitative estimate of drug-likeness (QED) is 0.400. The van der Waals surface area contributed by atoms with Crippen LogP contribution in [0.2, 0.25) is 0 Å². The van der Waals surface area contributed by atoms with Gasteiger partial charge in [0.15, 0.2) is 18.2 Å². The SMILES string of the molecule is CC(C)CC(NC(=O)OCc1ccccc1)C(=O)N1CCC2C1C(=O)CN2S(=O)(=O)c1ccc[n+]([O-])c1. The smallest absolute Gasteiger partial charge is 0.408 e. The number of likely N-dealkylation sites (tertiary alicyclic amines) is 1. The van der Waals surface area contributed by atoms with E-state index in [0.717, 1.165) is 16.1 Å². The summed E-state index contributed by atoms with van der Waals surface area (Å²) in [4.78, 5) is 40.2. The van der Waals surface area contributed by atoms with Crippen molar-refractivity contribution in [1.29, 1.82) is 0 Å². The number of Topliss-reactive ketones (excluding diaryl/α,β-unsaturated/α-hetero) is 1. The lowest BCUT2D eigenvalue weighted by Crippen LogP contribution is -2.53. The first kappa shape index (κ1) is 26.6. The lowest BCUT2D eigenvalue weighted by Gasteiger charge is -2.28. The predicted octanol–water partition coefficient (Wildman–Crippen LogP) is 1.20. The number of sulfonamides is 1. The number of rotatable bonds is 8. The fourth-order valence-electron chi connectivity index (χ4n) is 4.86. The van der Waals surface area contributed by atoms with E-state index < -0.39 is 52.5 Å². The average Bonchev–Trinajstić information content (AvgIpc) is 3.44. The van der Waals surface area contributed by atoms with Gasteiger partial charge in [0.2, 0.25) is 15.9 Å².